The summed E-state index contributed by atoms with van der Waals surface area (Å²) in [6.07, 6.45) is 1.94. The van der Waals surface area contributed by atoms with Gasteiger partial charge in [-0.25, -0.2) is 0 Å². The minimum atomic E-state index is -0.0281. The number of hydrogen-bond acceptors (Lipinski definition) is 4. The van der Waals surface area contributed by atoms with Gasteiger partial charge in [0.2, 0.25) is 5.91 Å². The van der Waals surface area contributed by atoms with Gasteiger partial charge in [0.05, 0.1) is 17.8 Å². The molecule has 0 aliphatic carbocycles. The molecule has 0 aliphatic rings. The third-order valence-electron chi connectivity index (χ3n) is 2.84. The molecule has 0 saturated heterocycles. The second kappa shape index (κ2) is 7.81. The van der Waals surface area contributed by atoms with E-state index >= 15 is 0 Å². The van der Waals surface area contributed by atoms with E-state index in [4.69, 9.17) is 0 Å². The quantitative estimate of drug-likeness (QED) is 0.818. The van der Waals surface area contributed by atoms with Crippen LogP contribution in [0.1, 0.15) is 19.4 Å². The molecular formula is C15H21N3OS. The first kappa shape index (κ1) is 16.4. The highest BCUT2D eigenvalue weighted by Gasteiger charge is 2.13. The molecular weight excluding hydrogens is 270 g/mol. The van der Waals surface area contributed by atoms with Crippen molar-refractivity contribution in [3.8, 4) is 6.07 Å². The fraction of sp³-hybridized carbons (Fsp3) is 0.467. The van der Waals surface area contributed by atoms with Crippen LogP contribution in [0, 0.1) is 17.2 Å². The Kier molecular flexibility index (Phi) is 6.40. The first-order valence-electron chi connectivity index (χ1n) is 6.54. The lowest BCUT2D eigenvalue weighted by Crippen LogP contribution is -2.37. The monoisotopic (exact) mass is 291 g/mol. The molecule has 108 valence electrons. The van der Waals surface area contributed by atoms with Crippen LogP contribution in [0.15, 0.2) is 23.1 Å². The molecule has 20 heavy (non-hydrogen) atoms. The predicted octanol–water partition coefficient (Wildman–Crippen LogP) is 2.49. The number of hydrogen-bond donors (Lipinski definition) is 1. The van der Waals surface area contributed by atoms with Gasteiger partial charge in [-0.15, -0.1) is 11.8 Å². The number of rotatable bonds is 6. The summed E-state index contributed by atoms with van der Waals surface area (Å²) in [5, 5.41) is 12.2. The van der Waals surface area contributed by atoms with Crippen LogP contribution < -0.4 is 10.2 Å². The number of anilines is 1. The van der Waals surface area contributed by atoms with Gasteiger partial charge in [0, 0.05) is 18.5 Å². The van der Waals surface area contributed by atoms with Crippen molar-refractivity contribution in [2.75, 3.05) is 31.3 Å². The van der Waals surface area contributed by atoms with Crippen molar-refractivity contribution in [3.63, 3.8) is 0 Å². The lowest BCUT2D eigenvalue weighted by Gasteiger charge is -2.21. The second-order valence-electron chi connectivity index (χ2n) is 5.02. The lowest BCUT2D eigenvalue weighted by atomic mass is 10.1. The molecule has 0 unspecified atom stereocenters. The minimum absolute atomic E-state index is 0.0281. The van der Waals surface area contributed by atoms with E-state index in [0.29, 0.717) is 18.0 Å². The van der Waals surface area contributed by atoms with Gasteiger partial charge in [-0.2, -0.15) is 5.26 Å². The number of nitrogens with zero attached hydrogens (tertiary/aromatic N) is 2. The van der Waals surface area contributed by atoms with Gasteiger partial charge in [0.15, 0.2) is 0 Å². The zero-order valence-corrected chi connectivity index (χ0v) is 13.3. The minimum Gasteiger partial charge on any atom is -0.364 e. The number of benzene rings is 1. The van der Waals surface area contributed by atoms with E-state index in [1.165, 1.54) is 11.8 Å². The van der Waals surface area contributed by atoms with Crippen LogP contribution in [0.4, 0.5) is 5.69 Å². The highest BCUT2D eigenvalue weighted by molar-refractivity contribution is 7.98. The predicted molar refractivity (Wildman–Crippen MR) is 84.1 cm³/mol. The Morgan fingerprint density at radius 1 is 1.50 bits per heavy atom. The second-order valence-corrected chi connectivity index (χ2v) is 5.87. The number of nitriles is 1. The number of amides is 1. The van der Waals surface area contributed by atoms with Gasteiger partial charge in [0.1, 0.15) is 6.07 Å². The van der Waals surface area contributed by atoms with Crippen LogP contribution in [-0.2, 0) is 4.79 Å². The number of nitrogens with one attached hydrogen (secondary N) is 1. The average molecular weight is 291 g/mol. The summed E-state index contributed by atoms with van der Waals surface area (Å²) in [7, 11) is 1.83. The number of thioether (sulfide) groups is 1. The van der Waals surface area contributed by atoms with Gasteiger partial charge < -0.3 is 10.2 Å². The molecule has 5 heteroatoms. The van der Waals surface area contributed by atoms with E-state index in [1.54, 1.807) is 0 Å². The maximum absolute atomic E-state index is 11.8. The smallest absolute Gasteiger partial charge is 0.239 e. The molecule has 4 nitrogen and oxygen atoms in total. The van der Waals surface area contributed by atoms with Gasteiger partial charge in [0.25, 0.3) is 0 Å². The summed E-state index contributed by atoms with van der Waals surface area (Å²) >= 11 is 1.53. The van der Waals surface area contributed by atoms with E-state index < -0.39 is 0 Å². The van der Waals surface area contributed by atoms with Crippen molar-refractivity contribution in [1.82, 2.24) is 5.32 Å². The summed E-state index contributed by atoms with van der Waals surface area (Å²) in [4.78, 5) is 14.6. The summed E-state index contributed by atoms with van der Waals surface area (Å²) in [5.41, 5.74) is 1.42. The van der Waals surface area contributed by atoms with Crippen molar-refractivity contribution < 1.29 is 4.79 Å². The molecule has 1 N–H and O–H groups in total. The Bertz CT molecular complexity index is 508. The van der Waals surface area contributed by atoms with Gasteiger partial charge in [-0.1, -0.05) is 19.9 Å². The van der Waals surface area contributed by atoms with Crippen LogP contribution in [0.2, 0.25) is 0 Å². The Morgan fingerprint density at radius 3 is 2.75 bits per heavy atom. The van der Waals surface area contributed by atoms with E-state index in [-0.39, 0.29) is 12.5 Å². The van der Waals surface area contributed by atoms with Crippen molar-refractivity contribution in [2.24, 2.45) is 5.92 Å². The number of carbonyl (C=O) groups is 1. The topological polar surface area (TPSA) is 56.1 Å². The molecule has 0 radical (unpaired) electrons. The fourth-order valence-electron chi connectivity index (χ4n) is 1.79. The van der Waals surface area contributed by atoms with E-state index in [9.17, 15) is 10.1 Å². The van der Waals surface area contributed by atoms with Crippen LogP contribution in [0.5, 0.6) is 0 Å². The highest BCUT2D eigenvalue weighted by Crippen LogP contribution is 2.28. The molecule has 0 spiro atoms. The molecule has 1 amide bonds. The molecule has 1 aromatic rings. The number of likely N-dealkylation sites (N-methyl/N-ethyl adjacent to an activating group) is 1. The van der Waals surface area contributed by atoms with E-state index in [0.717, 1.165) is 10.6 Å². The third-order valence-corrected chi connectivity index (χ3v) is 3.62. The summed E-state index contributed by atoms with van der Waals surface area (Å²) in [6, 6.07) is 7.92. The first-order valence-corrected chi connectivity index (χ1v) is 7.77. The molecule has 0 aromatic heterocycles. The van der Waals surface area contributed by atoms with E-state index in [1.807, 2.05) is 36.4 Å². The van der Waals surface area contributed by atoms with Gasteiger partial charge in [-0.3, -0.25) is 4.79 Å². The van der Waals surface area contributed by atoms with Gasteiger partial charge >= 0.3 is 0 Å². The van der Waals surface area contributed by atoms with Crippen molar-refractivity contribution in [3.05, 3.63) is 23.8 Å². The maximum atomic E-state index is 11.8. The molecule has 0 aliphatic heterocycles. The summed E-state index contributed by atoms with van der Waals surface area (Å²) < 4.78 is 0. The van der Waals surface area contributed by atoms with Crippen molar-refractivity contribution >= 4 is 23.4 Å². The maximum Gasteiger partial charge on any atom is 0.239 e. The van der Waals surface area contributed by atoms with Crippen LogP contribution in [0.25, 0.3) is 0 Å². The number of carbonyl (C=O) groups excluding carboxylic acids is 1. The van der Waals surface area contributed by atoms with Crippen molar-refractivity contribution in [2.45, 2.75) is 18.7 Å². The normalized spacial score (nSPS) is 10.2. The standard InChI is InChI=1S/C15H21N3OS/c1-11(2)9-17-15(19)10-18(3)13-6-5-7-14(20-4)12(13)8-16/h5-7,11H,9-10H2,1-4H3,(H,17,19). The summed E-state index contributed by atoms with van der Waals surface area (Å²) in [5.74, 6) is 0.401. The van der Waals surface area contributed by atoms with E-state index in [2.05, 4.69) is 25.2 Å². The molecule has 1 rings (SSSR count). The zero-order chi connectivity index (χ0) is 15.1. The molecule has 0 bridgehead atoms. The van der Waals surface area contributed by atoms with Crippen molar-refractivity contribution in [1.29, 1.82) is 5.26 Å². The van der Waals surface area contributed by atoms with Crippen LogP contribution in [0.3, 0.4) is 0 Å². The Hall–Kier alpha value is -1.67. The zero-order valence-electron chi connectivity index (χ0n) is 12.4. The molecule has 0 heterocycles. The van der Waals surface area contributed by atoms with Gasteiger partial charge in [-0.05, 0) is 24.3 Å². The Morgan fingerprint density at radius 2 is 2.20 bits per heavy atom. The van der Waals surface area contributed by atoms with Crippen LogP contribution >= 0.6 is 11.8 Å². The fourth-order valence-corrected chi connectivity index (χ4v) is 2.36. The average Bonchev–Trinajstić information content (AvgIpc) is 2.43. The van der Waals surface area contributed by atoms with Crippen LogP contribution in [-0.4, -0.2) is 32.3 Å². The molecule has 0 atom stereocenters. The third kappa shape index (κ3) is 4.46. The Labute approximate surface area is 125 Å². The molecule has 0 fully saturated rings. The largest absolute Gasteiger partial charge is 0.364 e. The lowest BCUT2D eigenvalue weighted by molar-refractivity contribution is -0.119. The first-order chi connectivity index (χ1) is 9.49. The molecule has 0 saturated carbocycles. The molecule has 1 aromatic carbocycles. The summed E-state index contributed by atoms with van der Waals surface area (Å²) in [6.45, 7) is 5.03. The Balaban J connectivity index is 2.80. The SMILES string of the molecule is CSc1cccc(N(C)CC(=O)NCC(C)C)c1C#N. The highest BCUT2D eigenvalue weighted by atomic mass is 32.2.